The molecule has 0 saturated heterocycles. The molecule has 0 spiro atoms. The van der Waals surface area contributed by atoms with Crippen LogP contribution in [0.15, 0.2) is 18.2 Å². The van der Waals surface area contributed by atoms with Gasteiger partial charge in [0.05, 0.1) is 0 Å². The first-order valence-electron chi connectivity index (χ1n) is 7.53. The maximum Gasteiger partial charge on any atom is 0.0372 e. The third-order valence-corrected chi connectivity index (χ3v) is 4.37. The predicted molar refractivity (Wildman–Crippen MR) is 83.6 cm³/mol. The molecule has 1 aromatic rings. The Bertz CT molecular complexity index is 418. The van der Waals surface area contributed by atoms with Gasteiger partial charge < -0.3 is 10.6 Å². The first-order chi connectivity index (χ1) is 8.97. The number of benzene rings is 1. The average molecular weight is 260 g/mol. The lowest BCUT2D eigenvalue weighted by Gasteiger charge is -2.27. The highest BCUT2D eigenvalue weighted by molar-refractivity contribution is 5.54. The maximum absolute atomic E-state index is 3.59. The summed E-state index contributed by atoms with van der Waals surface area (Å²) in [6.07, 6.45) is 2.47. The normalized spacial score (nSPS) is 16.6. The van der Waals surface area contributed by atoms with Crippen LogP contribution < -0.4 is 10.6 Å². The molecule has 0 radical (unpaired) electrons. The fourth-order valence-electron chi connectivity index (χ4n) is 2.38. The highest BCUT2D eigenvalue weighted by Crippen LogP contribution is 2.25. The summed E-state index contributed by atoms with van der Waals surface area (Å²) in [4.78, 5) is 0. The van der Waals surface area contributed by atoms with Crippen LogP contribution in [0.3, 0.4) is 0 Å². The number of aryl methyl sites for hydroxylation is 1. The van der Waals surface area contributed by atoms with E-state index >= 15 is 0 Å². The second-order valence-electron chi connectivity index (χ2n) is 6.92. The Kier molecular flexibility index (Phi) is 4.51. The molecule has 1 aliphatic heterocycles. The molecular formula is C17H28N2. The first-order valence-corrected chi connectivity index (χ1v) is 7.53. The number of hydrogen-bond acceptors (Lipinski definition) is 2. The van der Waals surface area contributed by atoms with Crippen LogP contribution in [-0.2, 0) is 13.0 Å². The Morgan fingerprint density at radius 3 is 2.84 bits per heavy atom. The van der Waals surface area contributed by atoms with Crippen molar-refractivity contribution in [3.05, 3.63) is 29.3 Å². The molecule has 0 saturated carbocycles. The van der Waals surface area contributed by atoms with Gasteiger partial charge in [-0.25, -0.2) is 0 Å². The summed E-state index contributed by atoms with van der Waals surface area (Å²) < 4.78 is 0. The van der Waals surface area contributed by atoms with E-state index in [0.29, 0.717) is 11.3 Å². The lowest BCUT2D eigenvalue weighted by molar-refractivity contribution is 0.252. The highest BCUT2D eigenvalue weighted by Gasteiger charge is 2.19. The number of rotatable bonds is 4. The van der Waals surface area contributed by atoms with Crippen molar-refractivity contribution >= 4 is 5.69 Å². The fourth-order valence-corrected chi connectivity index (χ4v) is 2.38. The Labute approximate surface area is 118 Å². The number of nitrogens with one attached hydrogen (secondary N) is 2. The Morgan fingerprint density at radius 1 is 1.32 bits per heavy atom. The van der Waals surface area contributed by atoms with Crippen molar-refractivity contribution < 1.29 is 0 Å². The molecule has 0 aromatic heterocycles. The number of fused-ring (bicyclic) bond motifs is 1. The largest absolute Gasteiger partial charge is 0.385 e. The van der Waals surface area contributed by atoms with E-state index in [1.165, 1.54) is 29.7 Å². The zero-order valence-electron chi connectivity index (χ0n) is 12.8. The molecule has 2 rings (SSSR count). The molecular weight excluding hydrogens is 232 g/mol. The van der Waals surface area contributed by atoms with Gasteiger partial charge >= 0.3 is 0 Å². The maximum atomic E-state index is 3.59. The zero-order valence-corrected chi connectivity index (χ0v) is 12.8. The summed E-state index contributed by atoms with van der Waals surface area (Å²) in [5.41, 5.74) is 4.60. The van der Waals surface area contributed by atoms with Gasteiger partial charge in [-0.2, -0.15) is 0 Å². The number of hydrogen-bond donors (Lipinski definition) is 2. The SMILES string of the molecule is CC(CNCc1ccc2c(c1)CCCN2)C(C)(C)C. The van der Waals surface area contributed by atoms with Crippen molar-refractivity contribution in [2.24, 2.45) is 11.3 Å². The summed E-state index contributed by atoms with van der Waals surface area (Å²) in [5.74, 6) is 0.687. The van der Waals surface area contributed by atoms with Gasteiger partial charge in [-0.1, -0.05) is 39.8 Å². The molecule has 1 aromatic carbocycles. The second kappa shape index (κ2) is 5.96. The van der Waals surface area contributed by atoms with E-state index in [1.54, 1.807) is 0 Å². The van der Waals surface area contributed by atoms with E-state index in [-0.39, 0.29) is 0 Å². The van der Waals surface area contributed by atoms with Crippen LogP contribution in [0.2, 0.25) is 0 Å². The minimum atomic E-state index is 0.382. The minimum Gasteiger partial charge on any atom is -0.385 e. The molecule has 0 amide bonds. The van der Waals surface area contributed by atoms with Gasteiger partial charge in [-0.3, -0.25) is 0 Å². The van der Waals surface area contributed by atoms with Crippen molar-refractivity contribution in [2.45, 2.75) is 47.1 Å². The van der Waals surface area contributed by atoms with Crippen molar-refractivity contribution in [3.8, 4) is 0 Å². The molecule has 1 unspecified atom stereocenters. The Morgan fingerprint density at radius 2 is 2.11 bits per heavy atom. The zero-order chi connectivity index (χ0) is 13.9. The van der Waals surface area contributed by atoms with Crippen LogP contribution in [0.1, 0.15) is 45.2 Å². The molecule has 2 N–H and O–H groups in total. The highest BCUT2D eigenvalue weighted by atomic mass is 14.9. The monoisotopic (exact) mass is 260 g/mol. The van der Waals surface area contributed by atoms with E-state index in [9.17, 15) is 0 Å². The van der Waals surface area contributed by atoms with Crippen molar-refractivity contribution in [1.29, 1.82) is 0 Å². The minimum absolute atomic E-state index is 0.382. The van der Waals surface area contributed by atoms with Gasteiger partial charge in [-0.05, 0) is 47.9 Å². The summed E-state index contributed by atoms with van der Waals surface area (Å²) in [6, 6.07) is 6.83. The van der Waals surface area contributed by atoms with Crippen molar-refractivity contribution in [3.63, 3.8) is 0 Å². The van der Waals surface area contributed by atoms with Gasteiger partial charge in [0, 0.05) is 18.8 Å². The molecule has 1 atom stereocenters. The van der Waals surface area contributed by atoms with Crippen molar-refractivity contribution in [2.75, 3.05) is 18.4 Å². The summed E-state index contributed by atoms with van der Waals surface area (Å²) in [5, 5.41) is 7.06. The standard InChI is InChI=1S/C17H28N2/c1-13(17(2,3)4)11-18-12-14-7-8-16-15(10-14)6-5-9-19-16/h7-8,10,13,18-19H,5-6,9,11-12H2,1-4H3. The molecule has 1 heterocycles. The molecule has 106 valence electrons. The number of anilines is 1. The smallest absolute Gasteiger partial charge is 0.0372 e. The fraction of sp³-hybridized carbons (Fsp3) is 0.647. The summed E-state index contributed by atoms with van der Waals surface area (Å²) in [6.45, 7) is 12.4. The Hall–Kier alpha value is -1.02. The third kappa shape index (κ3) is 3.97. The lowest BCUT2D eigenvalue weighted by Crippen LogP contribution is -2.29. The van der Waals surface area contributed by atoms with Crippen LogP contribution in [-0.4, -0.2) is 13.1 Å². The van der Waals surface area contributed by atoms with Crippen LogP contribution in [0.4, 0.5) is 5.69 Å². The van der Waals surface area contributed by atoms with E-state index < -0.39 is 0 Å². The third-order valence-electron chi connectivity index (χ3n) is 4.37. The molecule has 2 heteroatoms. The van der Waals surface area contributed by atoms with Crippen LogP contribution in [0.25, 0.3) is 0 Å². The van der Waals surface area contributed by atoms with Crippen molar-refractivity contribution in [1.82, 2.24) is 5.32 Å². The van der Waals surface area contributed by atoms with Gasteiger partial charge in [0.25, 0.3) is 0 Å². The van der Waals surface area contributed by atoms with E-state index in [1.807, 2.05) is 0 Å². The molecule has 1 aliphatic rings. The summed E-state index contributed by atoms with van der Waals surface area (Å²) in [7, 11) is 0. The van der Waals surface area contributed by atoms with Crippen LogP contribution >= 0.6 is 0 Å². The van der Waals surface area contributed by atoms with E-state index in [2.05, 4.69) is 56.5 Å². The predicted octanol–water partition coefficient (Wildman–Crippen LogP) is 3.82. The molecule has 0 fully saturated rings. The van der Waals surface area contributed by atoms with E-state index in [4.69, 9.17) is 0 Å². The van der Waals surface area contributed by atoms with Crippen LogP contribution in [0.5, 0.6) is 0 Å². The van der Waals surface area contributed by atoms with Gasteiger partial charge in [0.2, 0.25) is 0 Å². The Balaban J connectivity index is 1.87. The quantitative estimate of drug-likeness (QED) is 0.860. The molecule has 0 aliphatic carbocycles. The molecule has 0 bridgehead atoms. The average Bonchev–Trinajstić information content (AvgIpc) is 2.37. The van der Waals surface area contributed by atoms with E-state index in [0.717, 1.165) is 19.6 Å². The first kappa shape index (κ1) is 14.4. The summed E-state index contributed by atoms with van der Waals surface area (Å²) >= 11 is 0. The molecule has 19 heavy (non-hydrogen) atoms. The second-order valence-corrected chi connectivity index (χ2v) is 6.92. The van der Waals surface area contributed by atoms with Crippen LogP contribution in [0, 0.1) is 11.3 Å². The van der Waals surface area contributed by atoms with Gasteiger partial charge in [-0.15, -0.1) is 0 Å². The topological polar surface area (TPSA) is 24.1 Å². The lowest BCUT2D eigenvalue weighted by atomic mass is 9.82. The van der Waals surface area contributed by atoms with Gasteiger partial charge in [0.15, 0.2) is 0 Å². The molecule has 2 nitrogen and oxygen atoms in total. The van der Waals surface area contributed by atoms with Gasteiger partial charge in [0.1, 0.15) is 0 Å².